The predicted molar refractivity (Wildman–Crippen MR) is 78.9 cm³/mol. The highest BCUT2D eigenvalue weighted by molar-refractivity contribution is 4.84. The zero-order valence-corrected chi connectivity index (χ0v) is 12.9. The molecule has 0 saturated carbocycles. The van der Waals surface area contributed by atoms with Gasteiger partial charge < -0.3 is 10.1 Å². The Morgan fingerprint density at radius 3 is 2.28 bits per heavy atom. The van der Waals surface area contributed by atoms with Gasteiger partial charge in [0.15, 0.2) is 0 Å². The molecule has 0 bridgehead atoms. The SMILES string of the molecule is CC(C)CCCC1(CNCC(C)C)CCOCC1. The second-order valence-corrected chi connectivity index (χ2v) is 6.92. The van der Waals surface area contributed by atoms with Crippen LogP contribution in [0, 0.1) is 17.3 Å². The molecular weight excluding hydrogens is 222 g/mol. The molecule has 0 atom stereocenters. The summed E-state index contributed by atoms with van der Waals surface area (Å²) in [5.74, 6) is 1.59. The van der Waals surface area contributed by atoms with E-state index < -0.39 is 0 Å². The van der Waals surface area contributed by atoms with Gasteiger partial charge in [-0.15, -0.1) is 0 Å². The van der Waals surface area contributed by atoms with E-state index in [9.17, 15) is 0 Å². The van der Waals surface area contributed by atoms with E-state index in [1.165, 1.54) is 38.6 Å². The van der Waals surface area contributed by atoms with Crippen molar-refractivity contribution in [3.63, 3.8) is 0 Å². The fraction of sp³-hybridized carbons (Fsp3) is 1.00. The first-order chi connectivity index (χ1) is 8.54. The lowest BCUT2D eigenvalue weighted by Crippen LogP contribution is -2.40. The van der Waals surface area contributed by atoms with E-state index in [2.05, 4.69) is 33.0 Å². The highest BCUT2D eigenvalue weighted by Gasteiger charge is 2.31. The summed E-state index contributed by atoms with van der Waals surface area (Å²) in [6, 6.07) is 0. The molecule has 1 heterocycles. The van der Waals surface area contributed by atoms with Gasteiger partial charge in [-0.25, -0.2) is 0 Å². The lowest BCUT2D eigenvalue weighted by Gasteiger charge is -2.38. The van der Waals surface area contributed by atoms with Gasteiger partial charge in [-0.3, -0.25) is 0 Å². The zero-order valence-electron chi connectivity index (χ0n) is 12.9. The molecule has 1 N–H and O–H groups in total. The third-order valence-electron chi connectivity index (χ3n) is 4.09. The molecule has 0 radical (unpaired) electrons. The Labute approximate surface area is 114 Å². The Bertz CT molecular complexity index is 191. The normalized spacial score (nSPS) is 19.7. The van der Waals surface area contributed by atoms with Crippen LogP contribution in [0.1, 0.15) is 59.8 Å². The summed E-state index contributed by atoms with van der Waals surface area (Å²) in [6.45, 7) is 13.5. The third-order valence-corrected chi connectivity index (χ3v) is 4.09. The standard InChI is InChI=1S/C16H33NO/c1-14(2)6-5-7-16(8-10-18-11-9-16)13-17-12-15(3)4/h14-15,17H,5-13H2,1-4H3. The van der Waals surface area contributed by atoms with Gasteiger partial charge in [0.1, 0.15) is 0 Å². The Morgan fingerprint density at radius 1 is 1.06 bits per heavy atom. The van der Waals surface area contributed by atoms with Crippen molar-refractivity contribution >= 4 is 0 Å². The van der Waals surface area contributed by atoms with Crippen molar-refractivity contribution in [2.24, 2.45) is 17.3 Å². The van der Waals surface area contributed by atoms with E-state index in [0.29, 0.717) is 5.41 Å². The Morgan fingerprint density at radius 2 is 1.72 bits per heavy atom. The van der Waals surface area contributed by atoms with E-state index in [1.807, 2.05) is 0 Å². The van der Waals surface area contributed by atoms with Crippen LogP contribution in [0.3, 0.4) is 0 Å². The molecule has 1 aliphatic heterocycles. The van der Waals surface area contributed by atoms with Crippen molar-refractivity contribution in [1.82, 2.24) is 5.32 Å². The van der Waals surface area contributed by atoms with Crippen LogP contribution >= 0.6 is 0 Å². The third kappa shape index (κ3) is 6.19. The summed E-state index contributed by atoms with van der Waals surface area (Å²) in [5, 5.41) is 3.68. The fourth-order valence-corrected chi connectivity index (χ4v) is 2.83. The van der Waals surface area contributed by atoms with Crippen LogP contribution in [0.5, 0.6) is 0 Å². The number of hydrogen-bond acceptors (Lipinski definition) is 2. The van der Waals surface area contributed by atoms with E-state index >= 15 is 0 Å². The molecular formula is C16H33NO. The molecule has 0 aliphatic carbocycles. The minimum atomic E-state index is 0.516. The van der Waals surface area contributed by atoms with Crippen LogP contribution in [-0.4, -0.2) is 26.3 Å². The van der Waals surface area contributed by atoms with E-state index in [0.717, 1.165) is 31.6 Å². The highest BCUT2D eigenvalue weighted by Crippen LogP contribution is 2.35. The van der Waals surface area contributed by atoms with Gasteiger partial charge in [0.25, 0.3) is 0 Å². The van der Waals surface area contributed by atoms with Gasteiger partial charge >= 0.3 is 0 Å². The smallest absolute Gasteiger partial charge is 0.0471 e. The summed E-state index contributed by atoms with van der Waals surface area (Å²) in [5.41, 5.74) is 0.516. The van der Waals surface area contributed by atoms with Crippen molar-refractivity contribution in [1.29, 1.82) is 0 Å². The molecule has 2 heteroatoms. The fourth-order valence-electron chi connectivity index (χ4n) is 2.83. The summed E-state index contributed by atoms with van der Waals surface area (Å²) in [7, 11) is 0. The molecule has 0 aromatic carbocycles. The maximum Gasteiger partial charge on any atom is 0.0471 e. The van der Waals surface area contributed by atoms with Crippen LogP contribution in [0.15, 0.2) is 0 Å². The van der Waals surface area contributed by atoms with Gasteiger partial charge in [0, 0.05) is 19.8 Å². The first kappa shape index (κ1) is 16.0. The van der Waals surface area contributed by atoms with Crippen LogP contribution < -0.4 is 5.32 Å². The van der Waals surface area contributed by atoms with Gasteiger partial charge in [-0.1, -0.05) is 40.5 Å². The van der Waals surface area contributed by atoms with Gasteiger partial charge in [0.05, 0.1) is 0 Å². The monoisotopic (exact) mass is 255 g/mol. The summed E-state index contributed by atoms with van der Waals surface area (Å²) in [6.07, 6.45) is 6.61. The lowest BCUT2D eigenvalue weighted by molar-refractivity contribution is 0.00861. The Kier molecular flexibility index (Phi) is 7.25. The maximum absolute atomic E-state index is 5.55. The first-order valence-electron chi connectivity index (χ1n) is 7.82. The van der Waals surface area contributed by atoms with Crippen molar-refractivity contribution in [2.45, 2.75) is 59.8 Å². The molecule has 108 valence electrons. The lowest BCUT2D eigenvalue weighted by atomic mass is 9.75. The first-order valence-corrected chi connectivity index (χ1v) is 7.82. The van der Waals surface area contributed by atoms with Gasteiger partial charge in [-0.2, -0.15) is 0 Å². The highest BCUT2D eigenvalue weighted by atomic mass is 16.5. The van der Waals surface area contributed by atoms with Crippen LogP contribution in [0.25, 0.3) is 0 Å². The largest absolute Gasteiger partial charge is 0.381 e. The Hall–Kier alpha value is -0.0800. The van der Waals surface area contributed by atoms with Crippen LogP contribution in [0.2, 0.25) is 0 Å². The predicted octanol–water partition coefficient (Wildman–Crippen LogP) is 3.86. The zero-order chi connectivity index (χ0) is 13.4. The molecule has 1 rings (SSSR count). The van der Waals surface area contributed by atoms with Crippen LogP contribution in [-0.2, 0) is 4.74 Å². The number of rotatable bonds is 8. The molecule has 2 nitrogen and oxygen atoms in total. The molecule has 1 saturated heterocycles. The minimum Gasteiger partial charge on any atom is -0.381 e. The minimum absolute atomic E-state index is 0.516. The molecule has 0 spiro atoms. The second kappa shape index (κ2) is 8.16. The molecule has 0 unspecified atom stereocenters. The molecule has 1 fully saturated rings. The molecule has 1 aliphatic rings. The summed E-state index contributed by atoms with van der Waals surface area (Å²) in [4.78, 5) is 0. The summed E-state index contributed by atoms with van der Waals surface area (Å²) >= 11 is 0. The van der Waals surface area contributed by atoms with E-state index in [1.54, 1.807) is 0 Å². The quantitative estimate of drug-likeness (QED) is 0.711. The van der Waals surface area contributed by atoms with Gasteiger partial charge in [0.2, 0.25) is 0 Å². The second-order valence-electron chi connectivity index (χ2n) is 6.92. The molecule has 0 aromatic heterocycles. The molecule has 0 amide bonds. The van der Waals surface area contributed by atoms with E-state index in [-0.39, 0.29) is 0 Å². The average Bonchev–Trinajstić information content (AvgIpc) is 2.29. The van der Waals surface area contributed by atoms with Crippen molar-refractivity contribution in [3.05, 3.63) is 0 Å². The maximum atomic E-state index is 5.55. The Balaban J connectivity index is 2.36. The number of nitrogens with one attached hydrogen (secondary N) is 1. The average molecular weight is 255 g/mol. The number of hydrogen-bond donors (Lipinski definition) is 1. The topological polar surface area (TPSA) is 21.3 Å². The molecule has 0 aromatic rings. The van der Waals surface area contributed by atoms with E-state index in [4.69, 9.17) is 4.74 Å². The summed E-state index contributed by atoms with van der Waals surface area (Å²) < 4.78 is 5.55. The van der Waals surface area contributed by atoms with Crippen molar-refractivity contribution in [3.8, 4) is 0 Å². The number of ether oxygens (including phenoxy) is 1. The van der Waals surface area contributed by atoms with Crippen molar-refractivity contribution < 1.29 is 4.74 Å². The van der Waals surface area contributed by atoms with Crippen LogP contribution in [0.4, 0.5) is 0 Å². The van der Waals surface area contributed by atoms with Gasteiger partial charge in [-0.05, 0) is 43.1 Å². The van der Waals surface area contributed by atoms with Crippen molar-refractivity contribution in [2.75, 3.05) is 26.3 Å². The molecule has 18 heavy (non-hydrogen) atoms.